The molecule has 0 spiro atoms. The molecular formula is C17H22N4. The second kappa shape index (κ2) is 6.59. The van der Waals surface area contributed by atoms with Crippen LogP contribution in [0.1, 0.15) is 5.69 Å². The van der Waals surface area contributed by atoms with Crippen molar-refractivity contribution in [3.05, 3.63) is 54.2 Å². The lowest BCUT2D eigenvalue weighted by Gasteiger charge is -2.36. The van der Waals surface area contributed by atoms with Crippen molar-refractivity contribution in [3.8, 4) is 0 Å². The Morgan fingerprint density at radius 2 is 1.62 bits per heavy atom. The first-order chi connectivity index (χ1) is 10.4. The van der Waals surface area contributed by atoms with Gasteiger partial charge in [-0.25, -0.2) is 4.98 Å². The fourth-order valence-electron chi connectivity index (χ4n) is 2.76. The van der Waals surface area contributed by atoms with Crippen molar-refractivity contribution < 1.29 is 0 Å². The highest BCUT2D eigenvalue weighted by Crippen LogP contribution is 2.19. The van der Waals surface area contributed by atoms with E-state index in [1.807, 2.05) is 7.05 Å². The van der Waals surface area contributed by atoms with Crippen molar-refractivity contribution in [2.24, 2.45) is 0 Å². The summed E-state index contributed by atoms with van der Waals surface area (Å²) >= 11 is 0. The van der Waals surface area contributed by atoms with Gasteiger partial charge in [-0.3, -0.25) is 0 Å². The summed E-state index contributed by atoms with van der Waals surface area (Å²) in [6, 6.07) is 16.9. The van der Waals surface area contributed by atoms with E-state index in [0.29, 0.717) is 0 Å². The quantitative estimate of drug-likeness (QED) is 0.931. The molecule has 1 saturated heterocycles. The highest BCUT2D eigenvalue weighted by atomic mass is 15.3. The van der Waals surface area contributed by atoms with E-state index < -0.39 is 0 Å². The van der Waals surface area contributed by atoms with Gasteiger partial charge in [-0.15, -0.1) is 0 Å². The van der Waals surface area contributed by atoms with Crippen LogP contribution in [0.25, 0.3) is 0 Å². The highest BCUT2D eigenvalue weighted by molar-refractivity contribution is 5.49. The van der Waals surface area contributed by atoms with Gasteiger partial charge < -0.3 is 15.1 Å². The molecule has 1 aliphatic rings. The number of pyridine rings is 1. The Balaban J connectivity index is 1.64. The number of para-hydroxylation sites is 1. The number of hydrogen-bond acceptors (Lipinski definition) is 4. The molecule has 2 heterocycles. The molecule has 0 bridgehead atoms. The van der Waals surface area contributed by atoms with Crippen molar-refractivity contribution in [2.75, 3.05) is 43.0 Å². The molecule has 0 unspecified atom stereocenters. The van der Waals surface area contributed by atoms with Crippen LogP contribution >= 0.6 is 0 Å². The third-order valence-corrected chi connectivity index (χ3v) is 3.87. The Kier molecular flexibility index (Phi) is 4.36. The van der Waals surface area contributed by atoms with Crippen LogP contribution in [-0.2, 0) is 6.54 Å². The van der Waals surface area contributed by atoms with E-state index in [4.69, 9.17) is 4.98 Å². The normalized spacial score (nSPS) is 15.3. The number of benzene rings is 1. The zero-order valence-corrected chi connectivity index (χ0v) is 12.5. The van der Waals surface area contributed by atoms with Crippen molar-refractivity contribution in [3.63, 3.8) is 0 Å². The maximum Gasteiger partial charge on any atom is 0.128 e. The minimum Gasteiger partial charge on any atom is -0.368 e. The first-order valence-electron chi connectivity index (χ1n) is 7.52. The molecular weight excluding hydrogens is 260 g/mol. The lowest BCUT2D eigenvalue weighted by atomic mass is 10.2. The fraction of sp³-hybridized carbons (Fsp3) is 0.353. The van der Waals surface area contributed by atoms with E-state index in [1.54, 1.807) is 0 Å². The van der Waals surface area contributed by atoms with E-state index in [-0.39, 0.29) is 0 Å². The van der Waals surface area contributed by atoms with E-state index in [9.17, 15) is 0 Å². The minimum absolute atomic E-state index is 0.817. The van der Waals surface area contributed by atoms with Gasteiger partial charge in [0, 0.05) is 38.4 Å². The van der Waals surface area contributed by atoms with Gasteiger partial charge in [0.15, 0.2) is 0 Å². The lowest BCUT2D eigenvalue weighted by Crippen LogP contribution is -2.46. The Hall–Kier alpha value is -2.07. The third kappa shape index (κ3) is 3.34. The van der Waals surface area contributed by atoms with Crippen LogP contribution in [-0.4, -0.2) is 38.2 Å². The molecule has 1 aromatic heterocycles. The number of piperazine rings is 1. The average Bonchev–Trinajstić information content (AvgIpc) is 2.56. The molecule has 0 amide bonds. The molecule has 2 aromatic rings. The third-order valence-electron chi connectivity index (χ3n) is 3.87. The Morgan fingerprint density at radius 1 is 0.905 bits per heavy atom. The van der Waals surface area contributed by atoms with E-state index in [1.165, 1.54) is 5.69 Å². The van der Waals surface area contributed by atoms with Gasteiger partial charge in [-0.1, -0.05) is 24.3 Å². The Morgan fingerprint density at radius 3 is 2.33 bits per heavy atom. The second-order valence-electron chi connectivity index (χ2n) is 5.33. The minimum atomic E-state index is 0.817. The number of hydrogen-bond donors (Lipinski definition) is 1. The summed E-state index contributed by atoms with van der Waals surface area (Å²) < 4.78 is 0. The second-order valence-corrected chi connectivity index (χ2v) is 5.33. The number of nitrogens with zero attached hydrogens (tertiary/aromatic N) is 3. The number of rotatable bonds is 4. The average molecular weight is 282 g/mol. The van der Waals surface area contributed by atoms with Crippen LogP contribution < -0.4 is 15.1 Å². The van der Waals surface area contributed by atoms with Gasteiger partial charge in [-0.05, 0) is 31.3 Å². The molecule has 0 atom stereocenters. The molecule has 0 aliphatic carbocycles. The van der Waals surface area contributed by atoms with Crippen LogP contribution in [0.3, 0.4) is 0 Å². The maximum atomic E-state index is 4.73. The Bertz CT molecular complexity index is 562. The summed E-state index contributed by atoms with van der Waals surface area (Å²) in [4.78, 5) is 9.54. The van der Waals surface area contributed by atoms with Gasteiger partial charge in [0.05, 0.1) is 5.69 Å². The zero-order chi connectivity index (χ0) is 14.5. The molecule has 1 fully saturated rings. The smallest absolute Gasteiger partial charge is 0.128 e. The molecule has 4 heteroatoms. The lowest BCUT2D eigenvalue weighted by molar-refractivity contribution is 0.645. The molecule has 0 saturated carbocycles. The summed E-state index contributed by atoms with van der Waals surface area (Å²) in [6.07, 6.45) is 0. The summed E-state index contributed by atoms with van der Waals surface area (Å²) in [5.74, 6) is 1.09. The molecule has 1 N–H and O–H groups in total. The summed E-state index contributed by atoms with van der Waals surface area (Å²) in [7, 11) is 1.95. The van der Waals surface area contributed by atoms with Crippen LogP contribution in [0.4, 0.5) is 11.5 Å². The van der Waals surface area contributed by atoms with Crippen molar-refractivity contribution >= 4 is 11.5 Å². The molecule has 0 radical (unpaired) electrons. The topological polar surface area (TPSA) is 31.4 Å². The molecule has 110 valence electrons. The van der Waals surface area contributed by atoms with Crippen LogP contribution in [0.2, 0.25) is 0 Å². The van der Waals surface area contributed by atoms with Crippen LogP contribution in [0.15, 0.2) is 48.5 Å². The SMILES string of the molecule is CNCc1cccc(N2CCN(c3ccccc3)CC2)n1. The van der Waals surface area contributed by atoms with Gasteiger partial charge in [-0.2, -0.15) is 0 Å². The van der Waals surface area contributed by atoms with Crippen molar-refractivity contribution in [2.45, 2.75) is 6.54 Å². The summed E-state index contributed by atoms with van der Waals surface area (Å²) in [5.41, 5.74) is 2.41. The Labute approximate surface area is 126 Å². The first kappa shape index (κ1) is 13.9. The number of nitrogens with one attached hydrogen (secondary N) is 1. The maximum absolute atomic E-state index is 4.73. The highest BCUT2D eigenvalue weighted by Gasteiger charge is 2.18. The standard InChI is InChI=1S/C17H22N4/c1-18-14-15-6-5-9-17(19-15)21-12-10-20(11-13-21)16-7-3-2-4-8-16/h2-9,18H,10-14H2,1H3. The van der Waals surface area contributed by atoms with Gasteiger partial charge in [0.1, 0.15) is 5.82 Å². The predicted molar refractivity (Wildman–Crippen MR) is 87.9 cm³/mol. The van der Waals surface area contributed by atoms with Crippen LogP contribution in [0.5, 0.6) is 0 Å². The van der Waals surface area contributed by atoms with Gasteiger partial charge in [0.25, 0.3) is 0 Å². The molecule has 1 aromatic carbocycles. The zero-order valence-electron chi connectivity index (χ0n) is 12.5. The van der Waals surface area contributed by atoms with Crippen LogP contribution in [0, 0.1) is 0 Å². The van der Waals surface area contributed by atoms with Gasteiger partial charge >= 0.3 is 0 Å². The van der Waals surface area contributed by atoms with Crippen molar-refractivity contribution in [1.29, 1.82) is 0 Å². The molecule has 1 aliphatic heterocycles. The molecule has 21 heavy (non-hydrogen) atoms. The molecule has 3 rings (SSSR count). The fourth-order valence-corrected chi connectivity index (χ4v) is 2.76. The van der Waals surface area contributed by atoms with E-state index >= 15 is 0 Å². The monoisotopic (exact) mass is 282 g/mol. The summed E-state index contributed by atoms with van der Waals surface area (Å²) in [6.45, 7) is 4.94. The predicted octanol–water partition coefficient (Wildman–Crippen LogP) is 2.13. The van der Waals surface area contributed by atoms with E-state index in [2.05, 4.69) is 63.6 Å². The van der Waals surface area contributed by atoms with E-state index in [0.717, 1.165) is 44.2 Å². The number of aromatic nitrogens is 1. The van der Waals surface area contributed by atoms with Gasteiger partial charge in [0.2, 0.25) is 0 Å². The number of anilines is 2. The first-order valence-corrected chi connectivity index (χ1v) is 7.52. The molecule has 4 nitrogen and oxygen atoms in total. The summed E-state index contributed by atoms with van der Waals surface area (Å²) in [5, 5.41) is 3.15. The largest absolute Gasteiger partial charge is 0.368 e. The van der Waals surface area contributed by atoms with Crippen molar-refractivity contribution in [1.82, 2.24) is 10.3 Å².